The molecule has 0 saturated carbocycles. The minimum atomic E-state index is -0.0442. The highest BCUT2D eigenvalue weighted by Crippen LogP contribution is 2.29. The van der Waals surface area contributed by atoms with Crippen LogP contribution in [-0.4, -0.2) is 39.1 Å². The van der Waals surface area contributed by atoms with Crippen LogP contribution in [0.4, 0.5) is 5.69 Å². The quantitative estimate of drug-likeness (QED) is 0.492. The van der Waals surface area contributed by atoms with Crippen LogP contribution >= 0.6 is 30.4 Å². The lowest BCUT2D eigenvalue weighted by molar-refractivity contribution is 0.125. The van der Waals surface area contributed by atoms with E-state index in [0.717, 1.165) is 11.4 Å². The fourth-order valence-electron chi connectivity index (χ4n) is 1.46. The lowest BCUT2D eigenvalue weighted by Crippen LogP contribution is -2.20. The summed E-state index contributed by atoms with van der Waals surface area (Å²) < 4.78 is 16.1. The Bertz CT molecular complexity index is 381. The predicted octanol–water partition coefficient (Wildman–Crippen LogP) is 2.74. The van der Waals surface area contributed by atoms with E-state index < -0.39 is 0 Å². The normalized spacial score (nSPS) is 12.0. The van der Waals surface area contributed by atoms with Crippen molar-refractivity contribution >= 4 is 36.1 Å². The molecule has 19 heavy (non-hydrogen) atoms. The van der Waals surface area contributed by atoms with Crippen molar-refractivity contribution in [1.29, 1.82) is 0 Å². The lowest BCUT2D eigenvalue weighted by Gasteiger charge is -2.15. The highest BCUT2D eigenvalue weighted by atomic mass is 127. The topological polar surface area (TPSA) is 60.0 Å². The van der Waals surface area contributed by atoms with Crippen LogP contribution in [0.2, 0.25) is 0 Å². The Morgan fingerprint density at radius 1 is 1.42 bits per heavy atom. The van der Waals surface area contributed by atoms with E-state index in [2.05, 4.69) is 5.32 Å². The van der Waals surface area contributed by atoms with E-state index in [1.54, 1.807) is 7.11 Å². The molecule has 0 saturated heterocycles. The molecule has 0 fully saturated rings. The third kappa shape index (κ3) is 5.64. The van der Waals surface area contributed by atoms with Crippen molar-refractivity contribution < 1.29 is 18.8 Å². The molecule has 1 aromatic rings. The van der Waals surface area contributed by atoms with E-state index in [0.29, 0.717) is 19.0 Å². The first-order valence-electron chi connectivity index (χ1n) is 5.74. The number of methoxy groups -OCH3 is 1. The van der Waals surface area contributed by atoms with Crippen molar-refractivity contribution in [2.24, 2.45) is 5.92 Å². The van der Waals surface area contributed by atoms with Gasteiger partial charge in [-0.15, -0.1) is 0 Å². The third-order valence-electron chi connectivity index (χ3n) is 2.53. The van der Waals surface area contributed by atoms with Crippen molar-refractivity contribution in [3.8, 4) is 11.5 Å². The highest BCUT2D eigenvalue weighted by molar-refractivity contribution is 14.2. The summed E-state index contributed by atoms with van der Waals surface area (Å²) >= 11 is 2.04. The summed E-state index contributed by atoms with van der Waals surface area (Å²) in [5.74, 6) is 1.38. The number of anilines is 1. The summed E-state index contributed by atoms with van der Waals surface area (Å²) in [6.45, 7) is 0.883. The Labute approximate surface area is 129 Å². The standard InChI is InChI=1S/C12H18INO4S/c1-14-11-4-3-10(5-12(11)16-2)17-7-9(6-15)8-18-19-13/h3-5,9,14-15H,6-8H2,1-2H3. The van der Waals surface area contributed by atoms with Crippen LogP contribution in [0.3, 0.4) is 0 Å². The van der Waals surface area contributed by atoms with Crippen molar-refractivity contribution in [1.82, 2.24) is 0 Å². The van der Waals surface area contributed by atoms with Crippen molar-refractivity contribution in [3.63, 3.8) is 0 Å². The van der Waals surface area contributed by atoms with Crippen molar-refractivity contribution in [3.05, 3.63) is 18.2 Å². The van der Waals surface area contributed by atoms with E-state index >= 15 is 0 Å². The molecule has 1 aromatic carbocycles. The second-order valence-corrected chi connectivity index (χ2v) is 5.26. The molecule has 0 aliphatic heterocycles. The largest absolute Gasteiger partial charge is 0.494 e. The molecule has 0 amide bonds. The Morgan fingerprint density at radius 2 is 2.21 bits per heavy atom. The summed E-state index contributed by atoms with van der Waals surface area (Å²) in [6.07, 6.45) is 0. The van der Waals surface area contributed by atoms with Gasteiger partial charge in [-0.05, 0) is 12.1 Å². The van der Waals surface area contributed by atoms with Crippen LogP contribution in [0.25, 0.3) is 0 Å². The number of aliphatic hydroxyl groups excluding tert-OH is 1. The minimum Gasteiger partial charge on any atom is -0.494 e. The molecule has 0 radical (unpaired) electrons. The third-order valence-corrected chi connectivity index (χ3v) is 3.52. The van der Waals surface area contributed by atoms with Gasteiger partial charge in [0, 0.05) is 40.2 Å². The van der Waals surface area contributed by atoms with Crippen LogP contribution in [0.1, 0.15) is 0 Å². The first-order chi connectivity index (χ1) is 9.24. The second kappa shape index (κ2) is 9.51. The summed E-state index contributed by atoms with van der Waals surface area (Å²) in [5, 5.41) is 12.2. The van der Waals surface area contributed by atoms with Gasteiger partial charge in [-0.3, -0.25) is 0 Å². The molecule has 0 bridgehead atoms. The zero-order chi connectivity index (χ0) is 14.1. The molecule has 7 heteroatoms. The fraction of sp³-hybridized carbons (Fsp3) is 0.500. The summed E-state index contributed by atoms with van der Waals surface area (Å²) in [7, 11) is 4.70. The second-order valence-electron chi connectivity index (χ2n) is 3.82. The highest BCUT2D eigenvalue weighted by Gasteiger charge is 2.10. The van der Waals surface area contributed by atoms with E-state index in [4.69, 9.17) is 13.7 Å². The average molecular weight is 399 g/mol. The van der Waals surface area contributed by atoms with E-state index in [1.165, 1.54) is 9.21 Å². The SMILES string of the molecule is CNc1ccc(OCC(CO)COSI)cc1OC. The van der Waals surface area contributed by atoms with Gasteiger partial charge >= 0.3 is 0 Å². The van der Waals surface area contributed by atoms with Gasteiger partial charge in [-0.2, -0.15) is 0 Å². The molecular weight excluding hydrogens is 381 g/mol. The van der Waals surface area contributed by atoms with Crippen LogP contribution in [0.15, 0.2) is 18.2 Å². The number of benzene rings is 1. The summed E-state index contributed by atoms with van der Waals surface area (Å²) in [4.78, 5) is 0. The van der Waals surface area contributed by atoms with Crippen LogP contribution < -0.4 is 14.8 Å². The van der Waals surface area contributed by atoms with Crippen molar-refractivity contribution in [2.75, 3.05) is 39.3 Å². The van der Waals surface area contributed by atoms with Gasteiger partial charge in [0.05, 0.1) is 41.8 Å². The lowest BCUT2D eigenvalue weighted by atomic mass is 10.2. The predicted molar refractivity (Wildman–Crippen MR) is 86.2 cm³/mol. The molecule has 5 nitrogen and oxygen atoms in total. The number of ether oxygens (including phenoxy) is 2. The number of halogens is 1. The molecule has 0 heterocycles. The van der Waals surface area contributed by atoms with E-state index in [1.807, 2.05) is 46.5 Å². The maximum absolute atomic E-state index is 9.21. The van der Waals surface area contributed by atoms with Crippen LogP contribution in [0, 0.1) is 5.92 Å². The molecule has 1 atom stereocenters. The maximum atomic E-state index is 9.21. The molecule has 0 aromatic heterocycles. The zero-order valence-corrected chi connectivity index (χ0v) is 13.9. The molecule has 108 valence electrons. The maximum Gasteiger partial charge on any atom is 0.145 e. The van der Waals surface area contributed by atoms with Gasteiger partial charge in [0.15, 0.2) is 0 Å². The molecule has 0 spiro atoms. The van der Waals surface area contributed by atoms with Crippen LogP contribution in [-0.2, 0) is 4.18 Å². The Kier molecular flexibility index (Phi) is 8.35. The van der Waals surface area contributed by atoms with Gasteiger partial charge in [-0.1, -0.05) is 0 Å². The number of hydrogen-bond acceptors (Lipinski definition) is 6. The van der Waals surface area contributed by atoms with Gasteiger partial charge in [0.1, 0.15) is 11.5 Å². The van der Waals surface area contributed by atoms with Crippen LogP contribution in [0.5, 0.6) is 11.5 Å². The minimum absolute atomic E-state index is 0.0307. The number of hydrogen-bond donors (Lipinski definition) is 2. The Balaban J connectivity index is 2.56. The van der Waals surface area contributed by atoms with E-state index in [-0.39, 0.29) is 12.5 Å². The average Bonchev–Trinajstić information content (AvgIpc) is 2.47. The van der Waals surface area contributed by atoms with Gasteiger partial charge in [0.25, 0.3) is 0 Å². The Hall–Kier alpha value is -0.380. The smallest absolute Gasteiger partial charge is 0.145 e. The fourth-order valence-corrected chi connectivity index (χ4v) is 2.14. The summed E-state index contributed by atoms with van der Waals surface area (Å²) in [5.41, 5.74) is 0.901. The van der Waals surface area contributed by atoms with Gasteiger partial charge < -0.3 is 24.1 Å². The molecule has 2 N–H and O–H groups in total. The molecular formula is C12H18INO4S. The summed E-state index contributed by atoms with van der Waals surface area (Å²) in [6, 6.07) is 5.56. The number of nitrogens with one attached hydrogen (secondary N) is 1. The number of rotatable bonds is 9. The molecule has 0 aliphatic carbocycles. The van der Waals surface area contributed by atoms with Gasteiger partial charge in [-0.25, -0.2) is 0 Å². The van der Waals surface area contributed by atoms with E-state index in [9.17, 15) is 5.11 Å². The zero-order valence-electron chi connectivity index (χ0n) is 10.9. The molecule has 0 aliphatic rings. The first kappa shape index (κ1) is 16.7. The number of aliphatic hydroxyl groups is 1. The first-order valence-corrected chi connectivity index (χ1v) is 9.03. The van der Waals surface area contributed by atoms with Gasteiger partial charge in [0.2, 0.25) is 0 Å². The monoisotopic (exact) mass is 399 g/mol. The Morgan fingerprint density at radius 3 is 2.79 bits per heavy atom. The molecule has 1 unspecified atom stereocenters. The van der Waals surface area contributed by atoms with Crippen molar-refractivity contribution in [2.45, 2.75) is 0 Å². The molecule has 1 rings (SSSR count).